The third kappa shape index (κ3) is 3.35. The Morgan fingerprint density at radius 3 is 2.70 bits per heavy atom. The van der Waals surface area contributed by atoms with E-state index in [2.05, 4.69) is 5.32 Å². The summed E-state index contributed by atoms with van der Waals surface area (Å²) >= 11 is 6.20. The van der Waals surface area contributed by atoms with Crippen LogP contribution in [0.5, 0.6) is 0 Å². The highest BCUT2D eigenvalue weighted by Gasteiger charge is 2.36. The molecule has 124 valence electrons. The van der Waals surface area contributed by atoms with Crippen molar-refractivity contribution in [3.63, 3.8) is 0 Å². The van der Waals surface area contributed by atoms with E-state index < -0.39 is 6.04 Å². The summed E-state index contributed by atoms with van der Waals surface area (Å²) in [5, 5.41) is 3.45. The summed E-state index contributed by atoms with van der Waals surface area (Å²) in [6.07, 6.45) is 4.15. The Hall–Kier alpha value is -1.59. The Kier molecular flexibility index (Phi) is 4.87. The predicted octanol–water partition coefficient (Wildman–Crippen LogP) is 2.08. The van der Waals surface area contributed by atoms with Gasteiger partial charge in [0.15, 0.2) is 0 Å². The van der Waals surface area contributed by atoms with Crippen molar-refractivity contribution < 1.29 is 9.59 Å². The first-order valence-corrected chi connectivity index (χ1v) is 8.57. The fourth-order valence-corrected chi connectivity index (χ4v) is 3.75. The molecule has 1 aliphatic heterocycles. The molecule has 0 radical (unpaired) electrons. The Bertz CT molecular complexity index is 607. The van der Waals surface area contributed by atoms with Crippen molar-refractivity contribution in [2.24, 2.45) is 11.7 Å². The zero-order chi connectivity index (χ0) is 16.4. The lowest BCUT2D eigenvalue weighted by Crippen LogP contribution is -2.54. The molecule has 0 unspecified atom stereocenters. The van der Waals surface area contributed by atoms with Crippen LogP contribution in [0, 0.1) is 5.92 Å². The molecule has 0 spiro atoms. The van der Waals surface area contributed by atoms with Gasteiger partial charge in [-0.2, -0.15) is 0 Å². The number of halogens is 1. The van der Waals surface area contributed by atoms with Crippen molar-refractivity contribution >= 4 is 29.1 Å². The van der Waals surface area contributed by atoms with E-state index in [1.165, 1.54) is 0 Å². The highest BCUT2D eigenvalue weighted by atomic mass is 35.5. The number of amides is 2. The monoisotopic (exact) mass is 335 g/mol. The highest BCUT2D eigenvalue weighted by molar-refractivity contribution is 6.33. The Morgan fingerprint density at radius 1 is 1.22 bits per heavy atom. The van der Waals surface area contributed by atoms with Crippen LogP contribution in [0.1, 0.15) is 32.1 Å². The quantitative estimate of drug-likeness (QED) is 0.888. The number of rotatable bonds is 3. The molecular formula is C17H22ClN3O2. The molecule has 1 saturated carbocycles. The third-order valence-electron chi connectivity index (χ3n) is 4.80. The largest absolute Gasteiger partial charge is 0.344 e. The number of benzene rings is 1. The van der Waals surface area contributed by atoms with Gasteiger partial charge in [-0.15, -0.1) is 0 Å². The minimum atomic E-state index is -0.486. The molecule has 1 heterocycles. The van der Waals surface area contributed by atoms with E-state index in [4.69, 9.17) is 17.3 Å². The van der Waals surface area contributed by atoms with Crippen LogP contribution >= 0.6 is 11.6 Å². The van der Waals surface area contributed by atoms with Gasteiger partial charge >= 0.3 is 0 Å². The lowest BCUT2D eigenvalue weighted by Gasteiger charge is -2.33. The zero-order valence-corrected chi connectivity index (χ0v) is 13.8. The van der Waals surface area contributed by atoms with Gasteiger partial charge in [0.25, 0.3) is 0 Å². The molecule has 2 aliphatic rings. The number of anilines is 1. The second-order valence-corrected chi connectivity index (χ2v) is 6.75. The molecule has 1 saturated heterocycles. The topological polar surface area (TPSA) is 75.4 Å². The van der Waals surface area contributed by atoms with Crippen molar-refractivity contribution in [1.82, 2.24) is 5.32 Å². The number of carbonyl (C=O) groups excluding carboxylic acids is 2. The number of nitrogens with two attached hydrogens (primary N) is 1. The van der Waals surface area contributed by atoms with Crippen LogP contribution in [0.3, 0.4) is 0 Å². The smallest absolute Gasteiger partial charge is 0.249 e. The number of nitrogens with one attached hydrogen (secondary N) is 1. The van der Waals surface area contributed by atoms with E-state index in [0.29, 0.717) is 23.7 Å². The van der Waals surface area contributed by atoms with E-state index in [-0.39, 0.29) is 23.8 Å². The number of nitrogens with zero attached hydrogens (tertiary/aromatic N) is 1. The standard InChI is InChI=1S/C17H22ClN3O2/c18-12-6-1-2-9-15(12)21-10-4-8-14(17(21)23)20-16(22)11-5-3-7-13(11)19/h1-2,6,9,11,13-14H,3-5,7-8,10,19H2,(H,20,22)/t11-,13-,14+/m1/s1. The van der Waals surface area contributed by atoms with Gasteiger partial charge in [0, 0.05) is 12.6 Å². The van der Waals surface area contributed by atoms with Crippen molar-refractivity contribution in [2.45, 2.75) is 44.2 Å². The maximum absolute atomic E-state index is 12.7. The zero-order valence-electron chi connectivity index (χ0n) is 13.0. The lowest BCUT2D eigenvalue weighted by atomic mass is 10.00. The maximum Gasteiger partial charge on any atom is 0.249 e. The first kappa shape index (κ1) is 16.3. The molecule has 0 bridgehead atoms. The van der Waals surface area contributed by atoms with Crippen LogP contribution in [0.25, 0.3) is 0 Å². The van der Waals surface area contributed by atoms with E-state index in [1.54, 1.807) is 11.0 Å². The molecule has 5 nitrogen and oxygen atoms in total. The third-order valence-corrected chi connectivity index (χ3v) is 5.12. The summed E-state index contributed by atoms with van der Waals surface area (Å²) in [6.45, 7) is 0.623. The second kappa shape index (κ2) is 6.89. The average molecular weight is 336 g/mol. The Labute approximate surface area is 141 Å². The molecule has 1 aromatic carbocycles. The first-order chi connectivity index (χ1) is 11.1. The van der Waals surface area contributed by atoms with Crippen LogP contribution in [-0.4, -0.2) is 30.4 Å². The Balaban J connectivity index is 1.70. The van der Waals surface area contributed by atoms with Crippen LogP contribution < -0.4 is 16.0 Å². The second-order valence-electron chi connectivity index (χ2n) is 6.35. The summed E-state index contributed by atoms with van der Waals surface area (Å²) in [4.78, 5) is 26.8. The SMILES string of the molecule is N[C@@H]1CCC[C@H]1C(=O)N[C@H]1CCCN(c2ccccc2Cl)C1=O. The minimum absolute atomic E-state index is 0.0886. The van der Waals surface area contributed by atoms with Crippen molar-refractivity contribution in [3.8, 4) is 0 Å². The van der Waals surface area contributed by atoms with Gasteiger partial charge < -0.3 is 16.0 Å². The van der Waals surface area contributed by atoms with Gasteiger partial charge in [0.05, 0.1) is 16.6 Å². The van der Waals surface area contributed by atoms with E-state index in [0.717, 1.165) is 25.7 Å². The summed E-state index contributed by atoms with van der Waals surface area (Å²) in [5.41, 5.74) is 6.69. The summed E-state index contributed by atoms with van der Waals surface area (Å²) in [6, 6.07) is 6.71. The van der Waals surface area contributed by atoms with Crippen LogP contribution in [-0.2, 0) is 9.59 Å². The lowest BCUT2D eigenvalue weighted by molar-refractivity contribution is -0.130. The molecular weight excluding hydrogens is 314 g/mol. The number of carbonyl (C=O) groups is 2. The van der Waals surface area contributed by atoms with Crippen LogP contribution in [0.2, 0.25) is 5.02 Å². The molecule has 6 heteroatoms. The maximum atomic E-state index is 12.7. The summed E-state index contributed by atoms with van der Waals surface area (Å²) < 4.78 is 0. The molecule has 3 rings (SSSR count). The van der Waals surface area contributed by atoms with Gasteiger partial charge in [0.2, 0.25) is 11.8 Å². The molecule has 2 amide bonds. The van der Waals surface area contributed by atoms with Crippen LogP contribution in [0.4, 0.5) is 5.69 Å². The molecule has 2 fully saturated rings. The van der Waals surface area contributed by atoms with E-state index in [1.807, 2.05) is 18.2 Å². The molecule has 1 aliphatic carbocycles. The van der Waals surface area contributed by atoms with Gasteiger partial charge in [-0.1, -0.05) is 30.2 Å². The van der Waals surface area contributed by atoms with Crippen molar-refractivity contribution in [2.75, 3.05) is 11.4 Å². The first-order valence-electron chi connectivity index (χ1n) is 8.20. The molecule has 3 N–H and O–H groups in total. The van der Waals surface area contributed by atoms with E-state index >= 15 is 0 Å². The summed E-state index contributed by atoms with van der Waals surface area (Å²) in [7, 11) is 0. The number of para-hydroxylation sites is 1. The van der Waals surface area contributed by atoms with E-state index in [9.17, 15) is 9.59 Å². The molecule has 1 aromatic rings. The number of hydrogen-bond donors (Lipinski definition) is 2. The Morgan fingerprint density at radius 2 is 2.00 bits per heavy atom. The highest BCUT2D eigenvalue weighted by Crippen LogP contribution is 2.29. The predicted molar refractivity (Wildman–Crippen MR) is 90.3 cm³/mol. The van der Waals surface area contributed by atoms with Gasteiger partial charge in [-0.05, 0) is 37.8 Å². The average Bonchev–Trinajstić information content (AvgIpc) is 2.96. The number of piperidine rings is 1. The van der Waals surface area contributed by atoms with Gasteiger partial charge in [-0.3, -0.25) is 9.59 Å². The van der Waals surface area contributed by atoms with Gasteiger partial charge in [0.1, 0.15) is 6.04 Å². The van der Waals surface area contributed by atoms with Crippen molar-refractivity contribution in [3.05, 3.63) is 29.3 Å². The summed E-state index contributed by atoms with van der Waals surface area (Å²) in [5.74, 6) is -0.350. The normalized spacial score (nSPS) is 28.0. The van der Waals surface area contributed by atoms with Crippen molar-refractivity contribution in [1.29, 1.82) is 0 Å². The molecule has 3 atom stereocenters. The fourth-order valence-electron chi connectivity index (χ4n) is 3.51. The van der Waals surface area contributed by atoms with Crippen LogP contribution in [0.15, 0.2) is 24.3 Å². The molecule has 23 heavy (non-hydrogen) atoms. The minimum Gasteiger partial charge on any atom is -0.344 e. The fraction of sp³-hybridized carbons (Fsp3) is 0.529. The molecule has 0 aromatic heterocycles. The number of hydrogen-bond acceptors (Lipinski definition) is 3. The van der Waals surface area contributed by atoms with Gasteiger partial charge in [-0.25, -0.2) is 0 Å².